The predicted octanol–water partition coefficient (Wildman–Crippen LogP) is 3.55. The summed E-state index contributed by atoms with van der Waals surface area (Å²) in [5, 5.41) is 0.851. The first kappa shape index (κ1) is 19.7. The van der Waals surface area contributed by atoms with E-state index >= 15 is 0 Å². The van der Waals surface area contributed by atoms with Crippen LogP contribution in [0.25, 0.3) is 0 Å². The number of anilines is 1. The number of amides is 1. The van der Waals surface area contributed by atoms with Gasteiger partial charge in [-0.05, 0) is 50.7 Å². The molecule has 4 aliphatic rings. The van der Waals surface area contributed by atoms with Gasteiger partial charge in [0.2, 0.25) is 5.91 Å². The molecule has 0 radical (unpaired) electrons. The minimum atomic E-state index is -0.0457. The number of hydrogen-bond acceptors (Lipinski definition) is 4. The van der Waals surface area contributed by atoms with E-state index < -0.39 is 0 Å². The predicted molar refractivity (Wildman–Crippen MR) is 116 cm³/mol. The quantitative estimate of drug-likeness (QED) is 0.737. The molecule has 1 aromatic rings. The third-order valence-electron chi connectivity index (χ3n) is 7.65. The summed E-state index contributed by atoms with van der Waals surface area (Å²) in [6.45, 7) is 6.73. The lowest BCUT2D eigenvalue weighted by molar-refractivity contribution is -0.165. The highest BCUT2D eigenvalue weighted by molar-refractivity contribution is 6.33. The number of morpholine rings is 1. The molecule has 1 aromatic carbocycles. The van der Waals surface area contributed by atoms with Crippen LogP contribution >= 0.6 is 11.6 Å². The Morgan fingerprint density at radius 3 is 2.38 bits per heavy atom. The smallest absolute Gasteiger partial charge is 0.219 e. The second-order valence-corrected chi connectivity index (χ2v) is 9.80. The van der Waals surface area contributed by atoms with Crippen molar-refractivity contribution in [1.29, 1.82) is 0 Å². The third-order valence-corrected chi connectivity index (χ3v) is 7.97. The molecule has 3 atom stereocenters. The van der Waals surface area contributed by atoms with E-state index in [1.165, 1.54) is 18.5 Å². The number of piperidine rings is 2. The van der Waals surface area contributed by atoms with E-state index in [2.05, 4.69) is 26.8 Å². The van der Waals surface area contributed by atoms with Crippen molar-refractivity contribution in [2.45, 2.75) is 69.2 Å². The SMILES string of the molecule is CC(=O)N1[C@@H]2CC[C@H]1CC1(C2)CN(C2CCN(c3ccccc3Cl)CC2)CCO1. The molecule has 6 heteroatoms. The average Bonchev–Trinajstić information content (AvgIpc) is 3.01. The van der Waals surface area contributed by atoms with Crippen molar-refractivity contribution >= 4 is 23.2 Å². The monoisotopic (exact) mass is 417 g/mol. The zero-order valence-corrected chi connectivity index (χ0v) is 18.1. The summed E-state index contributed by atoms with van der Waals surface area (Å²) in [5.41, 5.74) is 1.12. The minimum absolute atomic E-state index is 0.0457. The fourth-order valence-corrected chi connectivity index (χ4v) is 6.69. The Balaban J connectivity index is 1.22. The van der Waals surface area contributed by atoms with Crippen LogP contribution in [0.3, 0.4) is 0 Å². The lowest BCUT2D eigenvalue weighted by Gasteiger charge is -2.52. The zero-order valence-electron chi connectivity index (χ0n) is 17.4. The molecule has 0 aromatic heterocycles. The largest absolute Gasteiger partial charge is 0.372 e. The van der Waals surface area contributed by atoms with E-state index in [1.807, 2.05) is 12.1 Å². The number of ether oxygens (including phenoxy) is 1. The van der Waals surface area contributed by atoms with Crippen LogP contribution in [0.1, 0.15) is 45.4 Å². The fourth-order valence-electron chi connectivity index (χ4n) is 6.43. The molecule has 1 unspecified atom stereocenters. The first-order chi connectivity index (χ1) is 14.0. The summed E-state index contributed by atoms with van der Waals surface area (Å²) in [7, 11) is 0. The number of halogens is 1. The van der Waals surface area contributed by atoms with Gasteiger partial charge in [0.05, 0.1) is 22.9 Å². The molecule has 1 spiro atoms. The molecule has 4 saturated heterocycles. The number of hydrogen-bond donors (Lipinski definition) is 0. The normalized spacial score (nSPS) is 33.4. The number of para-hydroxylation sites is 1. The Labute approximate surface area is 178 Å². The Hall–Kier alpha value is -1.30. The van der Waals surface area contributed by atoms with Crippen molar-refractivity contribution in [3.63, 3.8) is 0 Å². The van der Waals surface area contributed by atoms with Crippen LogP contribution < -0.4 is 4.90 Å². The van der Waals surface area contributed by atoms with Gasteiger partial charge >= 0.3 is 0 Å². The molecule has 5 rings (SSSR count). The number of nitrogens with zero attached hydrogens (tertiary/aromatic N) is 3. The van der Waals surface area contributed by atoms with E-state index in [0.29, 0.717) is 18.1 Å². The van der Waals surface area contributed by atoms with Crippen LogP contribution in [-0.4, -0.2) is 72.2 Å². The van der Waals surface area contributed by atoms with Gasteiger partial charge in [-0.3, -0.25) is 9.69 Å². The highest BCUT2D eigenvalue weighted by atomic mass is 35.5. The first-order valence-electron chi connectivity index (χ1n) is 11.2. The van der Waals surface area contributed by atoms with Crippen LogP contribution in [0.5, 0.6) is 0 Å². The Bertz CT molecular complexity index is 750. The summed E-state index contributed by atoms with van der Waals surface area (Å²) in [5.74, 6) is 0.243. The molecule has 1 amide bonds. The first-order valence-corrected chi connectivity index (χ1v) is 11.6. The van der Waals surface area contributed by atoms with Crippen LogP contribution in [0.4, 0.5) is 5.69 Å². The fraction of sp³-hybridized carbons (Fsp3) is 0.696. The minimum Gasteiger partial charge on any atom is -0.372 e. The van der Waals surface area contributed by atoms with E-state index in [-0.39, 0.29) is 11.5 Å². The lowest BCUT2D eigenvalue weighted by atomic mass is 9.83. The molecule has 4 fully saturated rings. The van der Waals surface area contributed by atoms with E-state index in [0.717, 1.165) is 63.5 Å². The molecule has 158 valence electrons. The van der Waals surface area contributed by atoms with Gasteiger partial charge in [0.15, 0.2) is 0 Å². The molecule has 4 aliphatic heterocycles. The average molecular weight is 418 g/mol. The van der Waals surface area contributed by atoms with Crippen molar-refractivity contribution < 1.29 is 9.53 Å². The molecular formula is C23H32ClN3O2. The molecule has 2 bridgehead atoms. The summed E-state index contributed by atoms with van der Waals surface area (Å²) in [6.07, 6.45) is 6.66. The third kappa shape index (κ3) is 3.66. The number of carbonyl (C=O) groups excluding carboxylic acids is 1. The van der Waals surface area contributed by atoms with Crippen LogP contribution in [0.15, 0.2) is 24.3 Å². The van der Waals surface area contributed by atoms with Crippen LogP contribution in [0, 0.1) is 0 Å². The van der Waals surface area contributed by atoms with Gasteiger partial charge in [-0.2, -0.15) is 0 Å². The number of carbonyl (C=O) groups is 1. The Morgan fingerprint density at radius 1 is 1.03 bits per heavy atom. The molecule has 0 N–H and O–H groups in total. The standard InChI is InChI=1S/C23H32ClN3O2/c1-17(28)27-19-6-7-20(27)15-23(14-19)16-26(12-13-29-23)18-8-10-25(11-9-18)22-5-3-2-4-21(22)24/h2-5,18-20H,6-16H2,1H3/t19-,20+,23?. The second-order valence-electron chi connectivity index (χ2n) is 9.39. The van der Waals surface area contributed by atoms with E-state index in [4.69, 9.17) is 16.3 Å². The summed E-state index contributed by atoms with van der Waals surface area (Å²) in [4.78, 5) is 19.3. The zero-order chi connectivity index (χ0) is 20.0. The van der Waals surface area contributed by atoms with Gasteiger partial charge < -0.3 is 14.5 Å². The lowest BCUT2D eigenvalue weighted by Crippen LogP contribution is -2.62. The van der Waals surface area contributed by atoms with Crippen molar-refractivity contribution in [2.24, 2.45) is 0 Å². The Kier molecular flexibility index (Phi) is 5.25. The summed E-state index contributed by atoms with van der Waals surface area (Å²) in [6, 6.07) is 9.57. The highest BCUT2D eigenvalue weighted by Crippen LogP contribution is 2.44. The second kappa shape index (κ2) is 7.75. The van der Waals surface area contributed by atoms with Crippen molar-refractivity contribution in [2.75, 3.05) is 37.7 Å². The van der Waals surface area contributed by atoms with Crippen LogP contribution in [0.2, 0.25) is 5.02 Å². The van der Waals surface area contributed by atoms with E-state index in [9.17, 15) is 4.79 Å². The maximum Gasteiger partial charge on any atom is 0.219 e. The molecule has 29 heavy (non-hydrogen) atoms. The molecule has 0 aliphatic carbocycles. The van der Waals surface area contributed by atoms with Gasteiger partial charge in [-0.15, -0.1) is 0 Å². The highest BCUT2D eigenvalue weighted by Gasteiger charge is 2.52. The molecule has 0 saturated carbocycles. The van der Waals surface area contributed by atoms with Gasteiger partial charge in [0.25, 0.3) is 0 Å². The maximum absolute atomic E-state index is 12.1. The van der Waals surface area contributed by atoms with Gasteiger partial charge in [0, 0.05) is 51.2 Å². The topological polar surface area (TPSA) is 36.0 Å². The van der Waals surface area contributed by atoms with Crippen molar-refractivity contribution in [3.8, 4) is 0 Å². The van der Waals surface area contributed by atoms with Crippen molar-refractivity contribution in [3.05, 3.63) is 29.3 Å². The number of fused-ring (bicyclic) bond motifs is 2. The van der Waals surface area contributed by atoms with Gasteiger partial charge in [-0.25, -0.2) is 0 Å². The molecule has 4 heterocycles. The Morgan fingerprint density at radius 2 is 1.72 bits per heavy atom. The van der Waals surface area contributed by atoms with E-state index in [1.54, 1.807) is 6.92 Å². The van der Waals surface area contributed by atoms with Gasteiger partial charge in [0.1, 0.15) is 0 Å². The summed E-state index contributed by atoms with van der Waals surface area (Å²) >= 11 is 6.41. The maximum atomic E-state index is 12.1. The summed E-state index contributed by atoms with van der Waals surface area (Å²) < 4.78 is 6.44. The molecular weight excluding hydrogens is 386 g/mol. The number of rotatable bonds is 2. The van der Waals surface area contributed by atoms with Gasteiger partial charge in [-0.1, -0.05) is 23.7 Å². The van der Waals surface area contributed by atoms with Crippen molar-refractivity contribution in [1.82, 2.24) is 9.80 Å². The molecule has 5 nitrogen and oxygen atoms in total. The van der Waals surface area contributed by atoms with Crippen LogP contribution in [-0.2, 0) is 9.53 Å². The number of benzene rings is 1.